The molecule has 112 valence electrons. The van der Waals surface area contributed by atoms with Gasteiger partial charge in [0.1, 0.15) is 12.6 Å². The number of benzene rings is 1. The Balaban J connectivity index is 1.66. The van der Waals surface area contributed by atoms with E-state index >= 15 is 0 Å². The highest BCUT2D eigenvalue weighted by molar-refractivity contribution is 5.86. The van der Waals surface area contributed by atoms with Gasteiger partial charge in [-0.2, -0.15) is 0 Å². The van der Waals surface area contributed by atoms with Crippen LogP contribution in [0.1, 0.15) is 31.2 Å². The maximum absolute atomic E-state index is 12.3. The molecule has 5 nitrogen and oxygen atoms in total. The van der Waals surface area contributed by atoms with Gasteiger partial charge in [-0.15, -0.1) is 0 Å². The molecule has 3 atom stereocenters. The first-order chi connectivity index (χ1) is 10.1. The Morgan fingerprint density at radius 3 is 2.81 bits per heavy atom. The van der Waals surface area contributed by atoms with Crippen molar-refractivity contribution < 1.29 is 19.4 Å². The zero-order valence-electron chi connectivity index (χ0n) is 11.8. The largest absolute Gasteiger partial charge is 0.459 e. The molecule has 0 aliphatic carbocycles. The van der Waals surface area contributed by atoms with Gasteiger partial charge in [0.25, 0.3) is 0 Å². The molecule has 1 amide bonds. The van der Waals surface area contributed by atoms with E-state index in [0.29, 0.717) is 12.8 Å². The molecule has 1 aromatic carbocycles. The van der Waals surface area contributed by atoms with Gasteiger partial charge in [-0.25, -0.2) is 4.79 Å². The number of nitrogens with zero attached hydrogens (tertiary/aromatic N) is 1. The standard InChI is InChI=1S/C16H19NO4/c18-13-8-12-6-7-15(19)17(12)14(9-13)16(20)21-10-11-4-2-1-3-5-11/h1-5,12-14,18H,6-10H2/t12-,13-,14+/m1/s1. The van der Waals surface area contributed by atoms with E-state index in [1.807, 2.05) is 30.3 Å². The van der Waals surface area contributed by atoms with E-state index in [0.717, 1.165) is 12.0 Å². The molecule has 2 aliphatic rings. The minimum absolute atomic E-state index is 0.00596. The summed E-state index contributed by atoms with van der Waals surface area (Å²) < 4.78 is 5.33. The summed E-state index contributed by atoms with van der Waals surface area (Å²) in [4.78, 5) is 25.8. The molecule has 0 aromatic heterocycles. The maximum atomic E-state index is 12.3. The van der Waals surface area contributed by atoms with Crippen molar-refractivity contribution in [2.24, 2.45) is 0 Å². The van der Waals surface area contributed by atoms with Gasteiger partial charge in [0, 0.05) is 18.9 Å². The van der Waals surface area contributed by atoms with Gasteiger partial charge in [-0.3, -0.25) is 4.79 Å². The third-order valence-electron chi connectivity index (χ3n) is 4.24. The molecule has 21 heavy (non-hydrogen) atoms. The second kappa shape index (κ2) is 5.85. The number of carbonyl (C=O) groups is 2. The molecule has 0 bridgehead atoms. The van der Waals surface area contributed by atoms with Crippen LogP contribution in [0.15, 0.2) is 30.3 Å². The molecule has 0 saturated carbocycles. The fraction of sp³-hybridized carbons (Fsp3) is 0.500. The zero-order chi connectivity index (χ0) is 14.8. The molecule has 0 unspecified atom stereocenters. The number of ether oxygens (including phenoxy) is 1. The number of rotatable bonds is 3. The number of amides is 1. The third-order valence-corrected chi connectivity index (χ3v) is 4.24. The first-order valence-electron chi connectivity index (χ1n) is 7.35. The summed E-state index contributed by atoms with van der Waals surface area (Å²) in [6, 6.07) is 8.77. The van der Waals surface area contributed by atoms with E-state index in [9.17, 15) is 14.7 Å². The minimum atomic E-state index is -0.641. The second-order valence-electron chi connectivity index (χ2n) is 5.73. The van der Waals surface area contributed by atoms with E-state index in [-0.39, 0.29) is 25.0 Å². The number of hydrogen-bond acceptors (Lipinski definition) is 4. The van der Waals surface area contributed by atoms with E-state index in [4.69, 9.17) is 4.74 Å². The average molecular weight is 289 g/mol. The summed E-state index contributed by atoms with van der Waals surface area (Å²) in [7, 11) is 0. The highest BCUT2D eigenvalue weighted by atomic mass is 16.5. The van der Waals surface area contributed by atoms with Crippen molar-refractivity contribution in [3.8, 4) is 0 Å². The van der Waals surface area contributed by atoms with Crippen molar-refractivity contribution in [1.82, 2.24) is 4.90 Å². The number of esters is 1. The molecule has 0 spiro atoms. The van der Waals surface area contributed by atoms with Crippen LogP contribution in [-0.4, -0.2) is 40.1 Å². The Morgan fingerprint density at radius 2 is 2.05 bits per heavy atom. The van der Waals surface area contributed by atoms with Gasteiger partial charge < -0.3 is 14.7 Å². The Morgan fingerprint density at radius 1 is 1.29 bits per heavy atom. The lowest BCUT2D eigenvalue weighted by Crippen LogP contribution is -2.53. The van der Waals surface area contributed by atoms with Gasteiger partial charge in [0.05, 0.1) is 6.10 Å². The lowest BCUT2D eigenvalue weighted by Gasteiger charge is -2.38. The topological polar surface area (TPSA) is 66.8 Å². The summed E-state index contributed by atoms with van der Waals surface area (Å²) in [5.41, 5.74) is 0.909. The summed E-state index contributed by atoms with van der Waals surface area (Å²) in [5, 5.41) is 9.90. The quantitative estimate of drug-likeness (QED) is 0.850. The predicted octanol–water partition coefficient (Wildman–Crippen LogP) is 1.24. The normalized spacial score (nSPS) is 28.3. The Labute approximate surface area is 123 Å². The van der Waals surface area contributed by atoms with Crippen molar-refractivity contribution in [1.29, 1.82) is 0 Å². The van der Waals surface area contributed by atoms with Gasteiger partial charge in [-0.05, 0) is 18.4 Å². The number of aliphatic hydroxyl groups is 1. The zero-order valence-corrected chi connectivity index (χ0v) is 11.8. The van der Waals surface area contributed by atoms with Crippen LogP contribution in [-0.2, 0) is 20.9 Å². The van der Waals surface area contributed by atoms with Crippen molar-refractivity contribution in [2.75, 3.05) is 0 Å². The Kier molecular flexibility index (Phi) is 3.92. The van der Waals surface area contributed by atoms with E-state index < -0.39 is 18.1 Å². The maximum Gasteiger partial charge on any atom is 0.329 e. The van der Waals surface area contributed by atoms with Crippen LogP contribution in [0, 0.1) is 0 Å². The fourth-order valence-electron chi connectivity index (χ4n) is 3.24. The number of carbonyl (C=O) groups excluding carboxylic acids is 2. The first kappa shape index (κ1) is 14.1. The number of piperidine rings is 1. The SMILES string of the molecule is O=C(OCc1ccccc1)[C@@H]1C[C@H](O)C[C@H]2CCC(=O)N21. The monoisotopic (exact) mass is 289 g/mol. The first-order valence-corrected chi connectivity index (χ1v) is 7.35. The smallest absolute Gasteiger partial charge is 0.329 e. The summed E-state index contributed by atoms with van der Waals surface area (Å²) in [5.74, 6) is -0.425. The van der Waals surface area contributed by atoms with Crippen LogP contribution in [0.25, 0.3) is 0 Å². The molecule has 1 N–H and O–H groups in total. The number of fused-ring (bicyclic) bond motifs is 1. The molecule has 1 aromatic rings. The van der Waals surface area contributed by atoms with Crippen LogP contribution < -0.4 is 0 Å². The van der Waals surface area contributed by atoms with Crippen LogP contribution in [0.2, 0.25) is 0 Å². The minimum Gasteiger partial charge on any atom is -0.459 e. The van der Waals surface area contributed by atoms with Crippen LogP contribution >= 0.6 is 0 Å². The molecule has 2 fully saturated rings. The molecular weight excluding hydrogens is 270 g/mol. The lowest BCUT2D eigenvalue weighted by molar-refractivity contribution is -0.160. The van der Waals surface area contributed by atoms with Crippen LogP contribution in [0.4, 0.5) is 0 Å². The van der Waals surface area contributed by atoms with Crippen molar-refractivity contribution >= 4 is 11.9 Å². The van der Waals surface area contributed by atoms with Gasteiger partial charge in [0.2, 0.25) is 5.91 Å². The van der Waals surface area contributed by atoms with Crippen molar-refractivity contribution in [3.63, 3.8) is 0 Å². The van der Waals surface area contributed by atoms with Gasteiger partial charge in [0.15, 0.2) is 0 Å². The lowest BCUT2D eigenvalue weighted by atomic mass is 9.94. The highest BCUT2D eigenvalue weighted by Crippen LogP contribution is 2.32. The van der Waals surface area contributed by atoms with Crippen LogP contribution in [0.3, 0.4) is 0 Å². The molecular formula is C16H19NO4. The Hall–Kier alpha value is -1.88. The molecule has 2 saturated heterocycles. The third kappa shape index (κ3) is 2.93. The predicted molar refractivity (Wildman–Crippen MR) is 75.1 cm³/mol. The van der Waals surface area contributed by atoms with Gasteiger partial charge >= 0.3 is 5.97 Å². The summed E-state index contributed by atoms with van der Waals surface area (Å²) in [6.07, 6.45) is 1.48. The summed E-state index contributed by atoms with van der Waals surface area (Å²) >= 11 is 0. The molecule has 2 heterocycles. The fourth-order valence-corrected chi connectivity index (χ4v) is 3.24. The van der Waals surface area contributed by atoms with E-state index in [1.165, 1.54) is 0 Å². The second-order valence-corrected chi connectivity index (χ2v) is 5.73. The molecule has 5 heteroatoms. The van der Waals surface area contributed by atoms with E-state index in [2.05, 4.69) is 0 Å². The van der Waals surface area contributed by atoms with Crippen molar-refractivity contribution in [3.05, 3.63) is 35.9 Å². The molecule has 3 rings (SSSR count). The molecule has 0 radical (unpaired) electrons. The van der Waals surface area contributed by atoms with Crippen molar-refractivity contribution in [2.45, 2.75) is 50.5 Å². The Bertz CT molecular complexity index is 530. The average Bonchev–Trinajstić information content (AvgIpc) is 2.86. The highest BCUT2D eigenvalue weighted by Gasteiger charge is 2.45. The molecule has 2 aliphatic heterocycles. The number of aliphatic hydroxyl groups excluding tert-OH is 1. The number of hydrogen-bond donors (Lipinski definition) is 1. The van der Waals surface area contributed by atoms with E-state index in [1.54, 1.807) is 4.90 Å². The van der Waals surface area contributed by atoms with Crippen LogP contribution in [0.5, 0.6) is 0 Å². The summed E-state index contributed by atoms with van der Waals surface area (Å²) in [6.45, 7) is 0.193. The van der Waals surface area contributed by atoms with Gasteiger partial charge in [-0.1, -0.05) is 30.3 Å².